The number of hydrogen-bond donors (Lipinski definition) is 2. The highest BCUT2D eigenvalue weighted by Crippen LogP contribution is 2.17. The molecule has 0 aromatic rings. The third kappa shape index (κ3) is 1.87. The number of thiol groups is 1. The molecule has 1 N–H and O–H groups in total. The van der Waals surface area contributed by atoms with E-state index in [9.17, 15) is 4.79 Å². The lowest BCUT2D eigenvalue weighted by atomic mass is 10.3. The van der Waals surface area contributed by atoms with E-state index < -0.39 is 0 Å². The maximum Gasteiger partial charge on any atom is 0.224 e. The van der Waals surface area contributed by atoms with Crippen molar-refractivity contribution in [2.24, 2.45) is 0 Å². The average molecular weight is 175 g/mol. The van der Waals surface area contributed by atoms with E-state index in [2.05, 4.69) is 12.6 Å². The number of carbonyl (C=O) groups is 1. The fourth-order valence-electron chi connectivity index (χ4n) is 1.24. The monoisotopic (exact) mass is 175 g/mol. The van der Waals surface area contributed by atoms with Crippen LogP contribution >= 0.6 is 12.6 Å². The molecule has 0 bridgehead atoms. The minimum absolute atomic E-state index is 0.0340. The summed E-state index contributed by atoms with van der Waals surface area (Å²) in [4.78, 5) is 12.8. The first-order valence-corrected chi connectivity index (χ1v) is 4.25. The van der Waals surface area contributed by atoms with Crippen molar-refractivity contribution in [1.82, 2.24) is 4.90 Å². The molecular weight excluding hydrogens is 162 g/mol. The molecule has 11 heavy (non-hydrogen) atoms. The molecule has 4 heteroatoms. The summed E-state index contributed by atoms with van der Waals surface area (Å²) in [7, 11) is 0. The second-order valence-corrected chi connectivity index (χ2v) is 3.67. The van der Waals surface area contributed by atoms with E-state index in [4.69, 9.17) is 5.11 Å². The van der Waals surface area contributed by atoms with E-state index in [1.54, 1.807) is 4.90 Å². The number of rotatable bonds is 2. The summed E-state index contributed by atoms with van der Waals surface area (Å²) >= 11 is 4.20. The lowest BCUT2D eigenvalue weighted by Gasteiger charge is -2.22. The lowest BCUT2D eigenvalue weighted by Crippen LogP contribution is -2.36. The molecule has 1 saturated heterocycles. The third-order valence-electron chi connectivity index (χ3n) is 1.93. The largest absolute Gasteiger partial charge is 0.394 e. The predicted molar refractivity (Wildman–Crippen MR) is 45.7 cm³/mol. The van der Waals surface area contributed by atoms with Crippen LogP contribution in [0, 0.1) is 0 Å². The van der Waals surface area contributed by atoms with Crippen LogP contribution in [0.25, 0.3) is 0 Å². The molecule has 1 amide bonds. The van der Waals surface area contributed by atoms with Crippen LogP contribution in [0.1, 0.15) is 13.3 Å². The van der Waals surface area contributed by atoms with Gasteiger partial charge in [-0.3, -0.25) is 4.79 Å². The number of amides is 1. The first-order valence-electron chi connectivity index (χ1n) is 3.73. The molecule has 0 saturated carbocycles. The van der Waals surface area contributed by atoms with Gasteiger partial charge in [-0.25, -0.2) is 0 Å². The zero-order valence-corrected chi connectivity index (χ0v) is 7.42. The molecule has 1 aliphatic heterocycles. The molecule has 0 spiro atoms. The van der Waals surface area contributed by atoms with Crippen LogP contribution in [0.3, 0.4) is 0 Å². The Morgan fingerprint density at radius 3 is 2.91 bits per heavy atom. The molecule has 0 aromatic carbocycles. The summed E-state index contributed by atoms with van der Waals surface area (Å²) in [6.45, 7) is 2.54. The molecule has 1 unspecified atom stereocenters. The first kappa shape index (κ1) is 8.87. The molecule has 1 heterocycles. The Morgan fingerprint density at radius 2 is 2.55 bits per heavy atom. The van der Waals surface area contributed by atoms with Gasteiger partial charge >= 0.3 is 0 Å². The first-order chi connectivity index (χ1) is 5.15. The van der Waals surface area contributed by atoms with Crippen LogP contribution < -0.4 is 0 Å². The second-order valence-electron chi connectivity index (χ2n) is 2.94. The highest BCUT2D eigenvalue weighted by Gasteiger charge is 2.29. The summed E-state index contributed by atoms with van der Waals surface area (Å²) in [5.74, 6) is 0.103. The maximum absolute atomic E-state index is 11.2. The molecule has 1 fully saturated rings. The van der Waals surface area contributed by atoms with Crippen LogP contribution in [-0.2, 0) is 4.79 Å². The van der Waals surface area contributed by atoms with Crippen molar-refractivity contribution in [2.45, 2.75) is 24.6 Å². The van der Waals surface area contributed by atoms with E-state index in [0.29, 0.717) is 13.0 Å². The summed E-state index contributed by atoms with van der Waals surface area (Å²) < 4.78 is 0. The molecule has 1 rings (SSSR count). The Balaban J connectivity index is 2.52. The zero-order chi connectivity index (χ0) is 8.43. The summed E-state index contributed by atoms with van der Waals surface area (Å²) in [5.41, 5.74) is 0. The highest BCUT2D eigenvalue weighted by atomic mass is 32.1. The third-order valence-corrected chi connectivity index (χ3v) is 2.28. The minimum atomic E-state index is -0.0559. The van der Waals surface area contributed by atoms with Crippen molar-refractivity contribution in [2.75, 3.05) is 13.2 Å². The van der Waals surface area contributed by atoms with Crippen LogP contribution in [0.4, 0.5) is 0 Å². The Hall–Kier alpha value is -0.220. The number of carbonyl (C=O) groups excluding carboxylic acids is 1. The number of nitrogens with zero attached hydrogens (tertiary/aromatic N) is 1. The van der Waals surface area contributed by atoms with Crippen LogP contribution in [0.15, 0.2) is 0 Å². The van der Waals surface area contributed by atoms with Gasteiger partial charge < -0.3 is 10.0 Å². The van der Waals surface area contributed by atoms with Crippen molar-refractivity contribution in [3.63, 3.8) is 0 Å². The second kappa shape index (κ2) is 3.45. The van der Waals surface area contributed by atoms with E-state index in [1.807, 2.05) is 6.92 Å². The minimum Gasteiger partial charge on any atom is -0.394 e. The SMILES string of the molecule is C[C@@H](CO)N1CC(S)CC1=O. The standard InChI is InChI=1S/C7H13NO2S/c1-5(4-9)8-3-6(11)2-7(8)10/h5-6,9,11H,2-4H2,1H3/t5-,6?/m0/s1. The Labute approximate surface area is 71.8 Å². The van der Waals surface area contributed by atoms with Gasteiger partial charge in [-0.1, -0.05) is 0 Å². The molecule has 0 aromatic heterocycles. The van der Waals surface area contributed by atoms with Gasteiger partial charge in [0.15, 0.2) is 0 Å². The van der Waals surface area contributed by atoms with Crippen LogP contribution in [0.5, 0.6) is 0 Å². The number of likely N-dealkylation sites (tertiary alicyclic amines) is 1. The van der Waals surface area contributed by atoms with Gasteiger partial charge in [-0.2, -0.15) is 12.6 Å². The predicted octanol–water partition coefficient (Wildman–Crippen LogP) is -0.102. The Morgan fingerprint density at radius 1 is 1.91 bits per heavy atom. The number of hydrogen-bond acceptors (Lipinski definition) is 3. The number of aliphatic hydroxyl groups excluding tert-OH is 1. The molecular formula is C7H13NO2S. The van der Waals surface area contributed by atoms with Crippen molar-refractivity contribution in [3.05, 3.63) is 0 Å². The summed E-state index contributed by atoms with van der Waals surface area (Å²) in [6, 6.07) is -0.0559. The summed E-state index contributed by atoms with van der Waals surface area (Å²) in [5, 5.41) is 8.93. The van der Waals surface area contributed by atoms with Gasteiger partial charge in [0, 0.05) is 18.2 Å². The molecule has 64 valence electrons. The molecule has 0 aliphatic carbocycles. The van der Waals surface area contributed by atoms with E-state index in [-0.39, 0.29) is 23.8 Å². The Kier molecular flexibility index (Phi) is 2.78. The van der Waals surface area contributed by atoms with Crippen LogP contribution in [-0.4, -0.2) is 40.4 Å². The quantitative estimate of drug-likeness (QED) is 0.575. The maximum atomic E-state index is 11.2. The molecule has 3 nitrogen and oxygen atoms in total. The smallest absolute Gasteiger partial charge is 0.224 e. The number of aliphatic hydroxyl groups is 1. The summed E-state index contributed by atoms with van der Waals surface area (Å²) in [6.07, 6.45) is 0.507. The Bertz CT molecular complexity index is 163. The highest BCUT2D eigenvalue weighted by molar-refractivity contribution is 7.81. The fourth-order valence-corrected chi connectivity index (χ4v) is 1.57. The normalized spacial score (nSPS) is 27.7. The van der Waals surface area contributed by atoms with Gasteiger partial charge in [0.05, 0.1) is 12.6 Å². The topological polar surface area (TPSA) is 40.5 Å². The van der Waals surface area contributed by atoms with E-state index in [1.165, 1.54) is 0 Å². The fraction of sp³-hybridized carbons (Fsp3) is 0.857. The van der Waals surface area contributed by atoms with Gasteiger partial charge in [0.1, 0.15) is 0 Å². The van der Waals surface area contributed by atoms with Gasteiger partial charge in [0.2, 0.25) is 5.91 Å². The zero-order valence-electron chi connectivity index (χ0n) is 6.53. The lowest BCUT2D eigenvalue weighted by molar-refractivity contribution is -0.130. The average Bonchev–Trinajstić information content (AvgIpc) is 2.28. The van der Waals surface area contributed by atoms with E-state index in [0.717, 1.165) is 0 Å². The van der Waals surface area contributed by atoms with Gasteiger partial charge in [-0.05, 0) is 6.92 Å². The molecule has 0 radical (unpaired) electrons. The molecule has 1 aliphatic rings. The van der Waals surface area contributed by atoms with Crippen molar-refractivity contribution >= 4 is 18.5 Å². The van der Waals surface area contributed by atoms with Gasteiger partial charge in [-0.15, -0.1) is 0 Å². The van der Waals surface area contributed by atoms with Gasteiger partial charge in [0.25, 0.3) is 0 Å². The van der Waals surface area contributed by atoms with Crippen molar-refractivity contribution < 1.29 is 9.90 Å². The van der Waals surface area contributed by atoms with Crippen molar-refractivity contribution in [3.8, 4) is 0 Å². The van der Waals surface area contributed by atoms with Crippen LogP contribution in [0.2, 0.25) is 0 Å². The van der Waals surface area contributed by atoms with Crippen molar-refractivity contribution in [1.29, 1.82) is 0 Å². The van der Waals surface area contributed by atoms with E-state index >= 15 is 0 Å². The molecule has 2 atom stereocenters.